The van der Waals surface area contributed by atoms with Crippen molar-refractivity contribution in [3.05, 3.63) is 82.3 Å². The predicted octanol–water partition coefficient (Wildman–Crippen LogP) is 5.05. The molecule has 35 heavy (non-hydrogen) atoms. The zero-order valence-corrected chi connectivity index (χ0v) is 21.0. The predicted molar refractivity (Wildman–Crippen MR) is 137 cm³/mol. The topological polar surface area (TPSA) is 131 Å². The Hall–Kier alpha value is -3.32. The molecule has 0 aliphatic heterocycles. The normalized spacial score (nSPS) is 12.2. The van der Waals surface area contributed by atoms with E-state index in [1.54, 1.807) is 36.6 Å². The van der Waals surface area contributed by atoms with Crippen molar-refractivity contribution >= 4 is 49.8 Å². The van der Waals surface area contributed by atoms with Gasteiger partial charge in [0.2, 0.25) is 0 Å². The molecule has 2 heterocycles. The number of carbonyl (C=O) groups is 1. The first-order chi connectivity index (χ1) is 16.8. The van der Waals surface area contributed by atoms with Crippen LogP contribution in [0.1, 0.15) is 34.7 Å². The van der Waals surface area contributed by atoms with Crippen molar-refractivity contribution in [3.8, 4) is 10.6 Å². The van der Waals surface area contributed by atoms with Gasteiger partial charge in [0.1, 0.15) is 5.01 Å². The van der Waals surface area contributed by atoms with Crippen molar-refractivity contribution in [2.24, 2.45) is 0 Å². The number of carbonyl (C=O) groups excluding carboxylic acids is 1. The second kappa shape index (κ2) is 11.0. The number of nitrogens with one attached hydrogen (secondary N) is 2. The molecular weight excluding hydrogens is 508 g/mol. The Morgan fingerprint density at radius 2 is 1.80 bits per heavy atom. The average molecular weight is 531 g/mol. The molecule has 0 saturated carbocycles. The van der Waals surface area contributed by atoms with Gasteiger partial charge >= 0.3 is 16.3 Å². The summed E-state index contributed by atoms with van der Waals surface area (Å²) in [5.74, 6) is -0.477. The second-order valence-corrected chi connectivity index (χ2v) is 10.2. The summed E-state index contributed by atoms with van der Waals surface area (Å²) in [7, 11) is -4.34. The number of hydrogen-bond donors (Lipinski definition) is 3. The van der Waals surface area contributed by atoms with Gasteiger partial charge in [-0.2, -0.15) is 8.42 Å². The van der Waals surface area contributed by atoms with Crippen molar-refractivity contribution in [3.63, 3.8) is 0 Å². The number of nitrogens with zero attached hydrogens (tertiary/aromatic N) is 2. The third-order valence-electron chi connectivity index (χ3n) is 4.83. The fourth-order valence-electron chi connectivity index (χ4n) is 3.27. The van der Waals surface area contributed by atoms with E-state index in [1.165, 1.54) is 22.7 Å². The number of ether oxygens (including phenoxy) is 1. The molecule has 0 aliphatic carbocycles. The monoisotopic (exact) mass is 530 g/mol. The van der Waals surface area contributed by atoms with Crippen LogP contribution in [0.3, 0.4) is 0 Å². The lowest BCUT2D eigenvalue weighted by molar-refractivity contribution is 0.0520. The number of esters is 1. The van der Waals surface area contributed by atoms with Crippen molar-refractivity contribution in [2.75, 3.05) is 16.6 Å². The molecular formula is C23H22N4O5S3. The number of benzene rings is 2. The molecule has 0 amide bonds. The number of hydrogen-bond acceptors (Lipinski definition) is 9. The van der Waals surface area contributed by atoms with Gasteiger partial charge in [0.25, 0.3) is 0 Å². The van der Waals surface area contributed by atoms with E-state index >= 15 is 0 Å². The van der Waals surface area contributed by atoms with Crippen LogP contribution in [0.25, 0.3) is 10.6 Å². The molecule has 0 fully saturated rings. The van der Waals surface area contributed by atoms with E-state index < -0.39 is 16.3 Å². The molecule has 0 radical (unpaired) electrons. The SMILES string of the molecule is CCOC(=O)c1csc(N[C@@H](Cc2ccc(NS(=O)(=O)O)cc2)c2csc(-c3ccccc3)n2)n1. The van der Waals surface area contributed by atoms with Gasteiger partial charge in [0.15, 0.2) is 10.8 Å². The molecule has 4 rings (SSSR count). The summed E-state index contributed by atoms with van der Waals surface area (Å²) < 4.78 is 38.1. The fourth-order valence-corrected chi connectivity index (χ4v) is 5.32. The lowest BCUT2D eigenvalue weighted by atomic mass is 10.0. The third-order valence-corrected chi connectivity index (χ3v) is 7.00. The van der Waals surface area contributed by atoms with Crippen molar-refractivity contribution in [1.29, 1.82) is 0 Å². The van der Waals surface area contributed by atoms with E-state index in [2.05, 4.69) is 10.3 Å². The van der Waals surface area contributed by atoms with Gasteiger partial charge in [-0.25, -0.2) is 14.8 Å². The maximum absolute atomic E-state index is 12.0. The van der Waals surface area contributed by atoms with Crippen LogP contribution in [-0.2, 0) is 21.5 Å². The summed E-state index contributed by atoms with van der Waals surface area (Å²) in [4.78, 5) is 21.2. The van der Waals surface area contributed by atoms with Gasteiger partial charge in [0.05, 0.1) is 24.0 Å². The van der Waals surface area contributed by atoms with Crippen molar-refractivity contribution in [2.45, 2.75) is 19.4 Å². The molecule has 12 heteroatoms. The number of aromatic nitrogens is 2. The van der Waals surface area contributed by atoms with E-state index in [9.17, 15) is 13.2 Å². The Morgan fingerprint density at radius 3 is 2.49 bits per heavy atom. The molecule has 3 N–H and O–H groups in total. The van der Waals surface area contributed by atoms with Gasteiger partial charge < -0.3 is 10.1 Å². The van der Waals surface area contributed by atoms with Gasteiger partial charge in [-0.05, 0) is 31.0 Å². The smallest absolute Gasteiger partial charge is 0.357 e. The van der Waals surface area contributed by atoms with Crippen LogP contribution in [0.4, 0.5) is 10.8 Å². The Morgan fingerprint density at radius 1 is 1.06 bits per heavy atom. The fraction of sp³-hybridized carbons (Fsp3) is 0.174. The standard InChI is InChI=1S/C23H22N4O5S3/c1-2-32-22(28)20-14-34-23(26-20)25-18(12-15-8-10-17(11-9-15)27-35(29,30)31)19-13-33-21(24-19)16-6-4-3-5-7-16/h3-11,13-14,18,27H,2,12H2,1H3,(H,25,26)(H,29,30,31)/t18-/m0/s1. The minimum absolute atomic E-state index is 0.238. The maximum atomic E-state index is 12.0. The lowest BCUT2D eigenvalue weighted by Gasteiger charge is -2.17. The highest BCUT2D eigenvalue weighted by Crippen LogP contribution is 2.31. The lowest BCUT2D eigenvalue weighted by Crippen LogP contribution is -2.15. The Balaban J connectivity index is 1.58. The van der Waals surface area contributed by atoms with Crippen LogP contribution >= 0.6 is 22.7 Å². The molecule has 0 aliphatic rings. The highest BCUT2D eigenvalue weighted by Gasteiger charge is 2.20. The molecule has 0 bridgehead atoms. The highest BCUT2D eigenvalue weighted by molar-refractivity contribution is 7.87. The van der Waals surface area contributed by atoms with E-state index in [-0.39, 0.29) is 24.0 Å². The highest BCUT2D eigenvalue weighted by atomic mass is 32.2. The van der Waals surface area contributed by atoms with E-state index in [1.807, 2.05) is 40.4 Å². The van der Waals surface area contributed by atoms with E-state index in [4.69, 9.17) is 14.3 Å². The van der Waals surface area contributed by atoms with Crippen LogP contribution in [-0.4, -0.2) is 35.5 Å². The van der Waals surface area contributed by atoms with Crippen LogP contribution in [0.15, 0.2) is 65.4 Å². The first kappa shape index (κ1) is 24.8. The molecule has 9 nitrogen and oxygen atoms in total. The Bertz CT molecular complexity index is 1390. The maximum Gasteiger partial charge on any atom is 0.357 e. The summed E-state index contributed by atoms with van der Waals surface area (Å²) >= 11 is 2.83. The first-order valence-corrected chi connectivity index (χ1v) is 13.7. The summed E-state index contributed by atoms with van der Waals surface area (Å²) in [6.07, 6.45) is 0.512. The molecule has 4 aromatic rings. The van der Waals surface area contributed by atoms with Crippen molar-refractivity contribution < 1.29 is 22.5 Å². The zero-order valence-electron chi connectivity index (χ0n) is 18.5. The number of thiazole rings is 2. The Kier molecular flexibility index (Phi) is 7.76. The van der Waals surface area contributed by atoms with Crippen LogP contribution in [0, 0.1) is 0 Å². The largest absolute Gasteiger partial charge is 0.461 e. The molecule has 0 spiro atoms. The number of rotatable bonds is 10. The second-order valence-electron chi connectivity index (χ2n) is 7.38. The van der Waals surface area contributed by atoms with Gasteiger partial charge in [-0.15, -0.1) is 22.7 Å². The molecule has 2 aromatic heterocycles. The quantitative estimate of drug-likeness (QED) is 0.192. The molecule has 0 saturated heterocycles. The third kappa shape index (κ3) is 6.85. The average Bonchev–Trinajstić information content (AvgIpc) is 3.50. The molecule has 0 unspecified atom stereocenters. The van der Waals surface area contributed by atoms with Crippen LogP contribution in [0.2, 0.25) is 0 Å². The van der Waals surface area contributed by atoms with Gasteiger partial charge in [0, 0.05) is 16.3 Å². The molecule has 2 aromatic carbocycles. The first-order valence-electron chi connectivity index (χ1n) is 10.5. The molecule has 182 valence electrons. The van der Waals surface area contributed by atoms with Crippen LogP contribution in [0.5, 0.6) is 0 Å². The minimum atomic E-state index is -4.34. The van der Waals surface area contributed by atoms with Gasteiger partial charge in [-0.1, -0.05) is 42.5 Å². The van der Waals surface area contributed by atoms with E-state index in [0.29, 0.717) is 11.6 Å². The van der Waals surface area contributed by atoms with Crippen LogP contribution < -0.4 is 10.0 Å². The molecule has 1 atom stereocenters. The van der Waals surface area contributed by atoms with Crippen molar-refractivity contribution in [1.82, 2.24) is 9.97 Å². The summed E-state index contributed by atoms with van der Waals surface area (Å²) in [6, 6.07) is 16.3. The Labute approximate surface area is 210 Å². The minimum Gasteiger partial charge on any atom is -0.461 e. The summed E-state index contributed by atoms with van der Waals surface area (Å²) in [5.41, 5.74) is 3.21. The zero-order chi connectivity index (χ0) is 24.8. The summed E-state index contributed by atoms with van der Waals surface area (Å²) in [6.45, 7) is 2.01. The summed E-state index contributed by atoms with van der Waals surface area (Å²) in [5, 5.41) is 8.43. The number of anilines is 2. The van der Waals surface area contributed by atoms with E-state index in [0.717, 1.165) is 21.8 Å². The van der Waals surface area contributed by atoms with Gasteiger partial charge in [-0.3, -0.25) is 9.27 Å².